The zero-order valence-corrected chi connectivity index (χ0v) is 10.5. The van der Waals surface area contributed by atoms with E-state index in [1.807, 2.05) is 6.07 Å². The van der Waals surface area contributed by atoms with Gasteiger partial charge in [0.1, 0.15) is 18.4 Å². The Morgan fingerprint density at radius 2 is 1.94 bits per heavy atom. The summed E-state index contributed by atoms with van der Waals surface area (Å²) in [5.41, 5.74) is 0.446. The number of hydrogen-bond acceptors (Lipinski definition) is 5. The molecule has 0 radical (unpaired) electrons. The molecule has 98 valence electrons. The Morgan fingerprint density at radius 3 is 2.61 bits per heavy atom. The number of para-hydroxylation sites is 1. The fraction of sp³-hybridized carbons (Fsp3) is 0.364. The number of primary sulfonamides is 1. The minimum absolute atomic E-state index is 0.0299. The van der Waals surface area contributed by atoms with Crippen LogP contribution >= 0.6 is 0 Å². The number of nitrogens with two attached hydrogens (primary N) is 1. The first-order valence-electron chi connectivity index (χ1n) is 5.23. The van der Waals surface area contributed by atoms with Crippen LogP contribution in [-0.4, -0.2) is 34.0 Å². The fourth-order valence-corrected chi connectivity index (χ4v) is 1.52. The summed E-state index contributed by atoms with van der Waals surface area (Å²) in [5, 5.41) is 13.6. The molecule has 1 aromatic rings. The average molecular weight is 270 g/mol. The zero-order chi connectivity index (χ0) is 13.4. The molecule has 0 spiro atoms. The SMILES string of the molecule is N#Cc1ccccc1OCCOCCS(N)(=O)=O. The van der Waals surface area contributed by atoms with Crippen LogP contribution in [0.25, 0.3) is 0 Å². The molecule has 0 aliphatic rings. The van der Waals surface area contributed by atoms with Gasteiger partial charge in [-0.1, -0.05) is 12.1 Å². The molecular weight excluding hydrogens is 256 g/mol. The third-order valence-electron chi connectivity index (χ3n) is 2.00. The Morgan fingerprint density at radius 1 is 1.22 bits per heavy atom. The highest BCUT2D eigenvalue weighted by Gasteiger charge is 2.03. The van der Waals surface area contributed by atoms with Crippen LogP contribution in [0.15, 0.2) is 24.3 Å². The maximum Gasteiger partial charge on any atom is 0.211 e. The minimum atomic E-state index is -3.48. The van der Waals surface area contributed by atoms with Gasteiger partial charge < -0.3 is 9.47 Å². The summed E-state index contributed by atoms with van der Waals surface area (Å²) < 4.78 is 31.6. The van der Waals surface area contributed by atoms with Crippen LogP contribution in [0.4, 0.5) is 0 Å². The van der Waals surface area contributed by atoms with Crippen molar-refractivity contribution in [2.24, 2.45) is 5.14 Å². The molecule has 0 amide bonds. The minimum Gasteiger partial charge on any atom is -0.490 e. The number of ether oxygens (including phenoxy) is 2. The number of nitrogens with zero attached hydrogens (tertiary/aromatic N) is 1. The Labute approximate surface area is 106 Å². The molecule has 0 aliphatic heterocycles. The summed E-state index contributed by atoms with van der Waals surface area (Å²) in [6.45, 7) is 0.501. The van der Waals surface area contributed by atoms with Gasteiger partial charge >= 0.3 is 0 Å². The normalized spacial score (nSPS) is 10.9. The lowest BCUT2D eigenvalue weighted by Crippen LogP contribution is -2.21. The van der Waals surface area contributed by atoms with Crippen molar-refractivity contribution in [1.82, 2.24) is 0 Å². The second kappa shape index (κ2) is 6.96. The van der Waals surface area contributed by atoms with Crippen molar-refractivity contribution in [2.75, 3.05) is 25.6 Å². The third kappa shape index (κ3) is 5.63. The second-order valence-electron chi connectivity index (χ2n) is 3.44. The first-order valence-corrected chi connectivity index (χ1v) is 6.94. The topological polar surface area (TPSA) is 102 Å². The van der Waals surface area contributed by atoms with Crippen LogP contribution in [0.2, 0.25) is 0 Å². The van der Waals surface area contributed by atoms with Gasteiger partial charge in [-0.05, 0) is 12.1 Å². The van der Waals surface area contributed by atoms with Crippen LogP contribution in [0, 0.1) is 11.3 Å². The molecule has 0 bridgehead atoms. The standard InChI is InChI=1S/C11H14N2O4S/c12-9-10-3-1-2-4-11(10)17-6-5-16-7-8-18(13,14)15/h1-4H,5-8H2,(H2,13,14,15). The highest BCUT2D eigenvalue weighted by atomic mass is 32.2. The Kier molecular flexibility index (Phi) is 5.58. The molecule has 0 heterocycles. The molecule has 0 fully saturated rings. The van der Waals surface area contributed by atoms with Crippen molar-refractivity contribution >= 4 is 10.0 Å². The van der Waals surface area contributed by atoms with Crippen LogP contribution < -0.4 is 9.88 Å². The van der Waals surface area contributed by atoms with Crippen LogP contribution in [-0.2, 0) is 14.8 Å². The summed E-state index contributed by atoms with van der Waals surface area (Å²) in [5.74, 6) is 0.261. The molecule has 2 N–H and O–H groups in total. The summed E-state index contributed by atoms with van der Waals surface area (Å²) in [6.07, 6.45) is 0. The van der Waals surface area contributed by atoms with Gasteiger partial charge in [-0.25, -0.2) is 13.6 Å². The van der Waals surface area contributed by atoms with E-state index in [-0.39, 0.29) is 25.6 Å². The van der Waals surface area contributed by atoms with Gasteiger partial charge in [0.05, 0.1) is 24.5 Å². The lowest BCUT2D eigenvalue weighted by atomic mass is 10.2. The third-order valence-corrected chi connectivity index (χ3v) is 2.74. The molecule has 1 rings (SSSR count). The number of hydrogen-bond donors (Lipinski definition) is 1. The number of rotatable bonds is 7. The summed E-state index contributed by atoms with van der Waals surface area (Å²) >= 11 is 0. The van der Waals surface area contributed by atoms with Crippen molar-refractivity contribution in [3.63, 3.8) is 0 Å². The fourth-order valence-electron chi connectivity index (χ4n) is 1.17. The van der Waals surface area contributed by atoms with Crippen LogP contribution in [0.1, 0.15) is 5.56 Å². The molecule has 0 aromatic heterocycles. The Balaban J connectivity index is 2.24. The van der Waals surface area contributed by atoms with Gasteiger partial charge in [-0.2, -0.15) is 5.26 Å². The van der Waals surface area contributed by atoms with Gasteiger partial charge in [0.25, 0.3) is 0 Å². The quantitative estimate of drug-likeness (QED) is 0.715. The monoisotopic (exact) mass is 270 g/mol. The van der Waals surface area contributed by atoms with E-state index in [0.717, 1.165) is 0 Å². The number of sulfonamides is 1. The number of nitriles is 1. The van der Waals surface area contributed by atoms with Gasteiger partial charge in [-0.3, -0.25) is 0 Å². The Bertz CT molecular complexity index is 522. The maximum absolute atomic E-state index is 10.6. The van der Waals surface area contributed by atoms with E-state index in [9.17, 15) is 8.42 Å². The van der Waals surface area contributed by atoms with Gasteiger partial charge in [0.15, 0.2) is 0 Å². The van der Waals surface area contributed by atoms with Crippen LogP contribution in [0.3, 0.4) is 0 Å². The molecule has 0 atom stereocenters. The van der Waals surface area contributed by atoms with E-state index in [4.69, 9.17) is 19.9 Å². The van der Waals surface area contributed by atoms with Crippen LogP contribution in [0.5, 0.6) is 5.75 Å². The predicted octanol–water partition coefficient (Wildman–Crippen LogP) is 0.242. The van der Waals surface area contributed by atoms with E-state index < -0.39 is 10.0 Å². The molecule has 0 unspecified atom stereocenters. The average Bonchev–Trinajstić information content (AvgIpc) is 2.32. The highest BCUT2D eigenvalue weighted by Crippen LogP contribution is 2.15. The second-order valence-corrected chi connectivity index (χ2v) is 5.17. The van der Waals surface area contributed by atoms with Crippen molar-refractivity contribution in [3.05, 3.63) is 29.8 Å². The molecular formula is C11H14N2O4S. The van der Waals surface area contributed by atoms with E-state index in [1.165, 1.54) is 0 Å². The molecule has 0 saturated heterocycles. The summed E-state index contributed by atoms with van der Waals surface area (Å²) in [7, 11) is -3.48. The highest BCUT2D eigenvalue weighted by molar-refractivity contribution is 7.89. The number of benzene rings is 1. The van der Waals surface area contributed by atoms with E-state index >= 15 is 0 Å². The summed E-state index contributed by atoms with van der Waals surface area (Å²) in [4.78, 5) is 0. The predicted molar refractivity (Wildman–Crippen MR) is 65.4 cm³/mol. The lowest BCUT2D eigenvalue weighted by Gasteiger charge is -2.07. The largest absolute Gasteiger partial charge is 0.490 e. The molecule has 0 aliphatic carbocycles. The zero-order valence-electron chi connectivity index (χ0n) is 9.70. The van der Waals surface area contributed by atoms with E-state index in [1.54, 1.807) is 24.3 Å². The van der Waals surface area contributed by atoms with Gasteiger partial charge in [-0.15, -0.1) is 0 Å². The first kappa shape index (κ1) is 14.4. The molecule has 18 heavy (non-hydrogen) atoms. The molecule has 6 nitrogen and oxygen atoms in total. The van der Waals surface area contributed by atoms with E-state index in [2.05, 4.69) is 0 Å². The first-order chi connectivity index (χ1) is 8.53. The molecule has 0 saturated carbocycles. The van der Waals surface area contributed by atoms with Crippen molar-refractivity contribution in [3.8, 4) is 11.8 Å². The Hall–Kier alpha value is -1.62. The summed E-state index contributed by atoms with van der Waals surface area (Å²) in [6, 6.07) is 8.85. The molecule has 7 heteroatoms. The van der Waals surface area contributed by atoms with Crippen molar-refractivity contribution < 1.29 is 17.9 Å². The van der Waals surface area contributed by atoms with E-state index in [0.29, 0.717) is 11.3 Å². The van der Waals surface area contributed by atoms with Gasteiger partial charge in [0, 0.05) is 0 Å². The van der Waals surface area contributed by atoms with Gasteiger partial charge in [0.2, 0.25) is 10.0 Å². The molecule has 1 aromatic carbocycles. The lowest BCUT2D eigenvalue weighted by molar-refractivity contribution is 0.111. The van der Waals surface area contributed by atoms with Crippen molar-refractivity contribution in [2.45, 2.75) is 0 Å². The maximum atomic E-state index is 10.6. The van der Waals surface area contributed by atoms with Crippen molar-refractivity contribution in [1.29, 1.82) is 5.26 Å². The smallest absolute Gasteiger partial charge is 0.211 e.